The first-order valence-electron chi connectivity index (χ1n) is 5.57. The molecule has 100 valence electrons. The molecule has 0 amide bonds. The van der Waals surface area contributed by atoms with Gasteiger partial charge in [0.15, 0.2) is 6.61 Å². The number of benzene rings is 1. The molecule has 0 atom stereocenters. The van der Waals surface area contributed by atoms with Gasteiger partial charge in [-0.1, -0.05) is 22.9 Å². The third kappa shape index (κ3) is 3.31. The molecular weight excluding hydrogens is 316 g/mol. The van der Waals surface area contributed by atoms with Crippen LogP contribution in [0.5, 0.6) is 5.75 Å². The van der Waals surface area contributed by atoms with E-state index in [1.54, 1.807) is 12.1 Å². The molecule has 0 aliphatic heterocycles. The van der Waals surface area contributed by atoms with Crippen LogP contribution in [0.15, 0.2) is 27.1 Å². The van der Waals surface area contributed by atoms with Crippen molar-refractivity contribution in [1.82, 2.24) is 10.2 Å². The average Bonchev–Trinajstić information content (AvgIpc) is 2.85. The van der Waals surface area contributed by atoms with Crippen LogP contribution in [0, 0.1) is 0 Å². The van der Waals surface area contributed by atoms with Gasteiger partial charge in [-0.15, -0.1) is 10.2 Å². The molecule has 6 nitrogen and oxygen atoms in total. The van der Waals surface area contributed by atoms with E-state index in [1.165, 1.54) is 6.07 Å². The predicted molar refractivity (Wildman–Crippen MR) is 69.1 cm³/mol. The zero-order chi connectivity index (χ0) is 13.8. The fourth-order valence-corrected chi connectivity index (χ4v) is 1.79. The molecule has 0 spiro atoms. The van der Waals surface area contributed by atoms with Crippen molar-refractivity contribution >= 4 is 21.9 Å². The molecule has 1 aromatic heterocycles. The number of halogens is 1. The van der Waals surface area contributed by atoms with Crippen LogP contribution < -0.4 is 4.74 Å². The quantitative estimate of drug-likeness (QED) is 0.909. The monoisotopic (exact) mass is 326 g/mol. The molecule has 7 heteroatoms. The van der Waals surface area contributed by atoms with E-state index < -0.39 is 5.97 Å². The van der Waals surface area contributed by atoms with E-state index in [1.807, 2.05) is 6.92 Å². The topological polar surface area (TPSA) is 85.5 Å². The summed E-state index contributed by atoms with van der Waals surface area (Å²) >= 11 is 3.21. The van der Waals surface area contributed by atoms with Crippen LogP contribution in [0.1, 0.15) is 29.1 Å². The van der Waals surface area contributed by atoms with Crippen LogP contribution >= 0.6 is 15.9 Å². The highest BCUT2D eigenvalue weighted by Crippen LogP contribution is 2.24. The summed E-state index contributed by atoms with van der Waals surface area (Å²) < 4.78 is 11.3. The lowest BCUT2D eigenvalue weighted by atomic mass is 10.2. The summed E-state index contributed by atoms with van der Waals surface area (Å²) in [6.45, 7) is 1.93. The number of carboxylic acids is 1. The number of ether oxygens (including phenoxy) is 1. The molecule has 2 rings (SSSR count). The predicted octanol–water partition coefficient (Wildman–Crippen LogP) is 2.67. The highest BCUT2D eigenvalue weighted by atomic mass is 79.9. The van der Waals surface area contributed by atoms with E-state index >= 15 is 0 Å². The lowest BCUT2D eigenvalue weighted by Crippen LogP contribution is -2.03. The minimum absolute atomic E-state index is 0.0366. The Morgan fingerprint density at radius 2 is 2.16 bits per heavy atom. The Morgan fingerprint density at radius 1 is 1.42 bits per heavy atom. The molecule has 0 fully saturated rings. The first kappa shape index (κ1) is 13.5. The van der Waals surface area contributed by atoms with Crippen LogP contribution in [0.3, 0.4) is 0 Å². The second-order valence-electron chi connectivity index (χ2n) is 3.68. The second-order valence-corrected chi connectivity index (χ2v) is 4.59. The summed E-state index contributed by atoms with van der Waals surface area (Å²) in [7, 11) is 0. The van der Waals surface area contributed by atoms with Crippen LogP contribution in [-0.4, -0.2) is 21.3 Å². The van der Waals surface area contributed by atoms with Gasteiger partial charge in [-0.3, -0.25) is 0 Å². The smallest absolute Gasteiger partial charge is 0.339 e. The van der Waals surface area contributed by atoms with E-state index in [-0.39, 0.29) is 17.9 Å². The number of carboxylic acid groups (broad SMARTS) is 1. The first-order chi connectivity index (χ1) is 9.10. The second kappa shape index (κ2) is 5.83. The SMILES string of the molecule is CCc1nnc(COc2ccc(Br)cc2C(=O)O)o1. The Hall–Kier alpha value is -1.89. The third-order valence-electron chi connectivity index (χ3n) is 2.33. The number of aryl methyl sites for hydroxylation is 1. The van der Waals surface area contributed by atoms with Gasteiger partial charge in [0.2, 0.25) is 5.89 Å². The lowest BCUT2D eigenvalue weighted by Gasteiger charge is -2.07. The molecule has 2 aromatic rings. The molecule has 0 aliphatic rings. The number of aromatic nitrogens is 2. The minimum atomic E-state index is -1.06. The Morgan fingerprint density at radius 3 is 2.79 bits per heavy atom. The maximum absolute atomic E-state index is 11.1. The molecule has 0 radical (unpaired) electrons. The number of hydrogen-bond acceptors (Lipinski definition) is 5. The fraction of sp³-hybridized carbons (Fsp3) is 0.250. The van der Waals surface area contributed by atoms with Crippen molar-refractivity contribution in [3.8, 4) is 5.75 Å². The fourth-order valence-electron chi connectivity index (χ4n) is 1.42. The third-order valence-corrected chi connectivity index (χ3v) is 2.83. The van der Waals surface area contributed by atoms with Crippen molar-refractivity contribution < 1.29 is 19.1 Å². The number of hydrogen-bond donors (Lipinski definition) is 1. The standard InChI is InChI=1S/C12H11BrN2O4/c1-2-10-14-15-11(19-10)6-18-9-4-3-7(13)5-8(9)12(16)17/h3-5H,2,6H2,1H3,(H,16,17). The minimum Gasteiger partial charge on any atom is -0.483 e. The summed E-state index contributed by atoms with van der Waals surface area (Å²) in [5.41, 5.74) is 0.0737. The van der Waals surface area contributed by atoms with E-state index in [9.17, 15) is 4.79 Å². The van der Waals surface area contributed by atoms with Crippen molar-refractivity contribution in [2.45, 2.75) is 20.0 Å². The van der Waals surface area contributed by atoms with Crippen molar-refractivity contribution in [1.29, 1.82) is 0 Å². The number of rotatable bonds is 5. The highest BCUT2D eigenvalue weighted by Gasteiger charge is 2.13. The van der Waals surface area contributed by atoms with Gasteiger partial charge in [0.1, 0.15) is 11.3 Å². The molecule has 1 N–H and O–H groups in total. The average molecular weight is 327 g/mol. The van der Waals surface area contributed by atoms with Gasteiger partial charge in [0.25, 0.3) is 5.89 Å². The molecule has 0 saturated heterocycles. The molecule has 19 heavy (non-hydrogen) atoms. The van der Waals surface area contributed by atoms with Gasteiger partial charge in [-0.25, -0.2) is 4.79 Å². The van der Waals surface area contributed by atoms with E-state index in [4.69, 9.17) is 14.3 Å². The molecular formula is C12H11BrN2O4. The van der Waals surface area contributed by atoms with Crippen molar-refractivity contribution in [3.05, 3.63) is 40.0 Å². The zero-order valence-corrected chi connectivity index (χ0v) is 11.7. The van der Waals surface area contributed by atoms with E-state index in [2.05, 4.69) is 26.1 Å². The van der Waals surface area contributed by atoms with Crippen molar-refractivity contribution in [2.24, 2.45) is 0 Å². The lowest BCUT2D eigenvalue weighted by molar-refractivity contribution is 0.0691. The van der Waals surface area contributed by atoms with Gasteiger partial charge in [-0.05, 0) is 18.2 Å². The summed E-state index contributed by atoms with van der Waals surface area (Å²) in [6.07, 6.45) is 0.645. The summed E-state index contributed by atoms with van der Waals surface area (Å²) in [4.78, 5) is 11.1. The summed E-state index contributed by atoms with van der Waals surface area (Å²) in [6, 6.07) is 4.75. The van der Waals surface area contributed by atoms with Gasteiger partial charge in [-0.2, -0.15) is 0 Å². The van der Waals surface area contributed by atoms with Crippen LogP contribution in [0.4, 0.5) is 0 Å². The molecule has 0 aliphatic carbocycles. The van der Waals surface area contributed by atoms with Crippen molar-refractivity contribution in [3.63, 3.8) is 0 Å². The van der Waals surface area contributed by atoms with Gasteiger partial charge in [0.05, 0.1) is 0 Å². The molecule has 1 heterocycles. The number of aromatic carboxylic acids is 1. The van der Waals surface area contributed by atoms with Gasteiger partial charge < -0.3 is 14.3 Å². The largest absolute Gasteiger partial charge is 0.483 e. The number of carbonyl (C=O) groups is 1. The molecule has 0 saturated carbocycles. The Kier molecular flexibility index (Phi) is 4.16. The van der Waals surface area contributed by atoms with E-state index in [0.29, 0.717) is 22.7 Å². The maximum Gasteiger partial charge on any atom is 0.339 e. The van der Waals surface area contributed by atoms with Crippen LogP contribution in [0.25, 0.3) is 0 Å². The number of nitrogens with zero attached hydrogens (tertiary/aromatic N) is 2. The molecule has 0 unspecified atom stereocenters. The van der Waals surface area contributed by atoms with Crippen molar-refractivity contribution in [2.75, 3.05) is 0 Å². The highest BCUT2D eigenvalue weighted by molar-refractivity contribution is 9.10. The summed E-state index contributed by atoms with van der Waals surface area (Å²) in [5.74, 6) is 0.0343. The first-order valence-corrected chi connectivity index (χ1v) is 6.36. The van der Waals surface area contributed by atoms with Gasteiger partial charge >= 0.3 is 5.97 Å². The zero-order valence-electron chi connectivity index (χ0n) is 10.1. The summed E-state index contributed by atoms with van der Waals surface area (Å²) in [5, 5.41) is 16.7. The van der Waals surface area contributed by atoms with Gasteiger partial charge in [0, 0.05) is 10.9 Å². The Labute approximate surface area is 117 Å². The Bertz CT molecular complexity index is 597. The molecule has 1 aromatic carbocycles. The van der Waals surface area contributed by atoms with Crippen LogP contribution in [-0.2, 0) is 13.0 Å². The normalized spacial score (nSPS) is 10.4. The van der Waals surface area contributed by atoms with Crippen LogP contribution in [0.2, 0.25) is 0 Å². The Balaban J connectivity index is 2.12. The van der Waals surface area contributed by atoms with E-state index in [0.717, 1.165) is 0 Å². The molecule has 0 bridgehead atoms. The maximum atomic E-state index is 11.1.